The van der Waals surface area contributed by atoms with Crippen LogP contribution in [0.5, 0.6) is 0 Å². The van der Waals surface area contributed by atoms with Gasteiger partial charge in [0.25, 0.3) is 0 Å². The van der Waals surface area contributed by atoms with Crippen LogP contribution in [0.1, 0.15) is 111 Å². The standard InChI is InChI=1S/C61H55N/c1-57(2)31-32-58(3,4)56-49(57)26-16-28-52(56)62(42-29-30-44-43-21-11-13-23-46(43)61(50(44)36-42)53-34-38-33-41-35-54(61)59(41,53)37-38)51-27-15-25-48-55(51)45-22-12-14-24-47(45)60(48,39-17-7-5-8-18-39)40-19-9-6-10-20-40/h5-30,36,38,41,53-54H,31-35,37H2,1-4H3. The second-order valence-corrected chi connectivity index (χ2v) is 21.9. The summed E-state index contributed by atoms with van der Waals surface area (Å²) in [6, 6.07) is 63.8. The number of rotatable bonds is 5. The van der Waals surface area contributed by atoms with E-state index in [-0.39, 0.29) is 16.2 Å². The summed E-state index contributed by atoms with van der Waals surface area (Å²) in [5.41, 5.74) is 21.5. The molecule has 14 rings (SSSR count). The molecule has 7 aromatic rings. The first kappa shape index (κ1) is 35.9. The molecule has 2 spiro atoms. The van der Waals surface area contributed by atoms with Crippen LogP contribution in [-0.4, -0.2) is 0 Å². The fourth-order valence-corrected chi connectivity index (χ4v) is 16.4. The fraction of sp³-hybridized carbons (Fsp3) is 0.311. The molecule has 7 aliphatic rings. The third-order valence-electron chi connectivity index (χ3n) is 18.6. The zero-order valence-electron chi connectivity index (χ0n) is 36.6. The molecule has 0 aromatic heterocycles. The van der Waals surface area contributed by atoms with Gasteiger partial charge in [-0.15, -0.1) is 0 Å². The van der Waals surface area contributed by atoms with E-state index in [0.29, 0.717) is 5.41 Å². The molecule has 0 N–H and O–H groups in total. The van der Waals surface area contributed by atoms with Gasteiger partial charge >= 0.3 is 0 Å². The lowest BCUT2D eigenvalue weighted by Crippen LogP contribution is -2.73. The molecule has 6 atom stereocenters. The molecular formula is C61H55N. The summed E-state index contributed by atoms with van der Waals surface area (Å²) in [5, 5.41) is 0. The van der Waals surface area contributed by atoms with Crippen molar-refractivity contribution in [3.8, 4) is 22.3 Å². The molecule has 62 heavy (non-hydrogen) atoms. The lowest BCUT2D eigenvalue weighted by atomic mass is 9.27. The Morgan fingerprint density at radius 1 is 0.468 bits per heavy atom. The van der Waals surface area contributed by atoms with Crippen molar-refractivity contribution in [2.24, 2.45) is 29.1 Å². The highest BCUT2D eigenvalue weighted by molar-refractivity contribution is 5.99. The average molecular weight is 802 g/mol. The van der Waals surface area contributed by atoms with Gasteiger partial charge in [0.1, 0.15) is 0 Å². The number of anilines is 3. The minimum atomic E-state index is -0.472. The number of benzene rings is 7. The van der Waals surface area contributed by atoms with E-state index in [9.17, 15) is 0 Å². The molecule has 4 saturated carbocycles. The topological polar surface area (TPSA) is 3.24 Å². The van der Waals surface area contributed by atoms with Crippen LogP contribution in [0, 0.1) is 29.1 Å². The van der Waals surface area contributed by atoms with Gasteiger partial charge in [-0.2, -0.15) is 0 Å². The lowest BCUT2D eigenvalue weighted by Gasteiger charge is -2.76. The first-order chi connectivity index (χ1) is 30.2. The minimum Gasteiger partial charge on any atom is -0.310 e. The van der Waals surface area contributed by atoms with Crippen LogP contribution < -0.4 is 4.90 Å². The summed E-state index contributed by atoms with van der Waals surface area (Å²) in [7, 11) is 0. The average Bonchev–Trinajstić information content (AvgIpc) is 4.01. The number of fused-ring (bicyclic) bond motifs is 12. The van der Waals surface area contributed by atoms with E-state index in [1.165, 1.54) is 105 Å². The van der Waals surface area contributed by atoms with E-state index >= 15 is 0 Å². The Morgan fingerprint density at radius 2 is 1.06 bits per heavy atom. The quantitative estimate of drug-likeness (QED) is 0.168. The molecule has 0 heterocycles. The summed E-state index contributed by atoms with van der Waals surface area (Å²) >= 11 is 0. The second-order valence-electron chi connectivity index (χ2n) is 21.9. The molecular weight excluding hydrogens is 747 g/mol. The highest BCUT2D eigenvalue weighted by atomic mass is 15.2. The van der Waals surface area contributed by atoms with Crippen molar-refractivity contribution in [1.29, 1.82) is 0 Å². The normalized spacial score (nSPS) is 28.5. The molecule has 0 saturated heterocycles. The van der Waals surface area contributed by atoms with Gasteiger partial charge in [-0.3, -0.25) is 0 Å². The molecule has 1 heteroatoms. The first-order valence-corrected chi connectivity index (χ1v) is 23.7. The zero-order chi connectivity index (χ0) is 41.4. The number of hydrogen-bond acceptors (Lipinski definition) is 1. The summed E-state index contributed by atoms with van der Waals surface area (Å²) in [6.45, 7) is 9.97. The molecule has 7 aliphatic carbocycles. The largest absolute Gasteiger partial charge is 0.310 e. The van der Waals surface area contributed by atoms with E-state index in [0.717, 1.165) is 30.1 Å². The maximum absolute atomic E-state index is 2.75. The van der Waals surface area contributed by atoms with Crippen molar-refractivity contribution >= 4 is 17.1 Å². The second kappa shape index (κ2) is 11.9. The Morgan fingerprint density at radius 3 is 1.81 bits per heavy atom. The minimum absolute atomic E-state index is 0.00591. The fourth-order valence-electron chi connectivity index (χ4n) is 16.4. The monoisotopic (exact) mass is 801 g/mol. The third kappa shape index (κ3) is 4.05. The van der Waals surface area contributed by atoms with Crippen LogP contribution in [0.25, 0.3) is 22.3 Å². The summed E-state index contributed by atoms with van der Waals surface area (Å²) in [5.74, 6) is 3.41. The molecule has 304 valence electrons. The van der Waals surface area contributed by atoms with Crippen molar-refractivity contribution in [2.75, 3.05) is 4.90 Å². The highest BCUT2D eigenvalue weighted by Crippen LogP contribution is 2.89. The van der Waals surface area contributed by atoms with Gasteiger partial charge < -0.3 is 4.90 Å². The van der Waals surface area contributed by atoms with Crippen LogP contribution in [0.4, 0.5) is 17.1 Å². The molecule has 4 fully saturated rings. The molecule has 2 bridgehead atoms. The molecule has 0 radical (unpaired) electrons. The van der Waals surface area contributed by atoms with Gasteiger partial charge in [-0.05, 0) is 164 Å². The Balaban J connectivity index is 1.07. The predicted molar refractivity (Wildman–Crippen MR) is 255 cm³/mol. The van der Waals surface area contributed by atoms with E-state index in [4.69, 9.17) is 0 Å². The zero-order valence-corrected chi connectivity index (χ0v) is 36.6. The summed E-state index contributed by atoms with van der Waals surface area (Å²) < 4.78 is 0. The Bertz CT molecular complexity index is 2990. The van der Waals surface area contributed by atoms with Gasteiger partial charge in [0.2, 0.25) is 0 Å². The Labute approximate surface area is 367 Å². The predicted octanol–water partition coefficient (Wildman–Crippen LogP) is 15.2. The first-order valence-electron chi connectivity index (χ1n) is 23.7. The van der Waals surface area contributed by atoms with Crippen molar-refractivity contribution in [3.05, 3.63) is 208 Å². The lowest BCUT2D eigenvalue weighted by molar-refractivity contribution is -0.231. The van der Waals surface area contributed by atoms with Crippen molar-refractivity contribution in [3.63, 3.8) is 0 Å². The van der Waals surface area contributed by atoms with Crippen LogP contribution in [-0.2, 0) is 21.7 Å². The van der Waals surface area contributed by atoms with Gasteiger partial charge in [0, 0.05) is 16.7 Å². The van der Waals surface area contributed by atoms with Crippen LogP contribution in [0.15, 0.2) is 164 Å². The van der Waals surface area contributed by atoms with Crippen LogP contribution in [0.3, 0.4) is 0 Å². The third-order valence-corrected chi connectivity index (χ3v) is 18.6. The van der Waals surface area contributed by atoms with Gasteiger partial charge in [0.05, 0.1) is 16.8 Å². The van der Waals surface area contributed by atoms with Crippen molar-refractivity contribution in [2.45, 2.75) is 87.9 Å². The van der Waals surface area contributed by atoms with Crippen molar-refractivity contribution < 1.29 is 0 Å². The highest BCUT2D eigenvalue weighted by Gasteiger charge is 2.84. The van der Waals surface area contributed by atoms with E-state index in [1.54, 1.807) is 11.1 Å². The number of hydrogen-bond donors (Lipinski definition) is 0. The van der Waals surface area contributed by atoms with E-state index in [1.807, 2.05) is 0 Å². The molecule has 0 aliphatic heterocycles. The van der Waals surface area contributed by atoms with Gasteiger partial charge in [-0.1, -0.05) is 167 Å². The molecule has 6 unspecified atom stereocenters. The number of nitrogens with zero attached hydrogens (tertiary/aromatic N) is 1. The van der Waals surface area contributed by atoms with Crippen LogP contribution >= 0.6 is 0 Å². The van der Waals surface area contributed by atoms with E-state index in [2.05, 4.69) is 196 Å². The van der Waals surface area contributed by atoms with Gasteiger partial charge in [-0.25, -0.2) is 0 Å². The summed E-state index contributed by atoms with van der Waals surface area (Å²) in [6.07, 6.45) is 8.15. The SMILES string of the molecule is CC1(C)CCC(C)(C)c2c(N(c3ccc4c(c3)C3(c5ccccc5-4)C4CC5CC6CC3C64C5)c3cccc4c3-c3ccccc3C4(c3ccccc3)c3ccccc3)cccc21. The molecule has 7 aromatic carbocycles. The smallest absolute Gasteiger partial charge is 0.0714 e. The molecule has 0 amide bonds. The molecule has 1 nitrogen and oxygen atoms in total. The van der Waals surface area contributed by atoms with Crippen molar-refractivity contribution in [1.82, 2.24) is 0 Å². The maximum atomic E-state index is 2.75. The maximum Gasteiger partial charge on any atom is 0.0714 e. The summed E-state index contributed by atoms with van der Waals surface area (Å²) in [4.78, 5) is 2.75. The Kier molecular flexibility index (Phi) is 6.87. The van der Waals surface area contributed by atoms with E-state index < -0.39 is 5.41 Å². The van der Waals surface area contributed by atoms with Gasteiger partial charge in [0.15, 0.2) is 0 Å². The Hall–Kier alpha value is -5.66. The van der Waals surface area contributed by atoms with Crippen LogP contribution in [0.2, 0.25) is 0 Å².